The van der Waals surface area contributed by atoms with Gasteiger partial charge < -0.3 is 11.5 Å². The second-order valence-electron chi connectivity index (χ2n) is 5.21. The van der Waals surface area contributed by atoms with Crippen molar-refractivity contribution in [1.82, 2.24) is 0 Å². The van der Waals surface area contributed by atoms with Crippen LogP contribution in [0.2, 0.25) is 0 Å². The molecule has 74 valence electrons. The molecule has 0 amide bonds. The van der Waals surface area contributed by atoms with Crippen LogP contribution in [-0.2, 0) is 0 Å². The van der Waals surface area contributed by atoms with Gasteiger partial charge in [-0.05, 0) is 17.8 Å². The topological polar surface area (TPSA) is 52.0 Å². The van der Waals surface area contributed by atoms with Crippen LogP contribution >= 0.6 is 0 Å². The number of hydrogen-bond acceptors (Lipinski definition) is 2. The van der Waals surface area contributed by atoms with E-state index < -0.39 is 0 Å². The highest BCUT2D eigenvalue weighted by Gasteiger charge is 2.37. The van der Waals surface area contributed by atoms with Gasteiger partial charge in [-0.25, -0.2) is 0 Å². The van der Waals surface area contributed by atoms with Crippen LogP contribution in [0.1, 0.15) is 41.0 Å². The summed E-state index contributed by atoms with van der Waals surface area (Å²) < 4.78 is 0. The Balaban J connectivity index is 4.46. The van der Waals surface area contributed by atoms with Crippen molar-refractivity contribution in [2.75, 3.05) is 6.54 Å². The van der Waals surface area contributed by atoms with Gasteiger partial charge in [0.15, 0.2) is 0 Å². The van der Waals surface area contributed by atoms with Crippen molar-refractivity contribution in [3.05, 3.63) is 0 Å². The van der Waals surface area contributed by atoms with Crippen LogP contribution in [0.25, 0.3) is 0 Å². The first-order chi connectivity index (χ1) is 5.23. The van der Waals surface area contributed by atoms with Crippen molar-refractivity contribution in [3.8, 4) is 0 Å². The minimum absolute atomic E-state index is 0.0893. The normalized spacial score (nSPS) is 18.0. The summed E-state index contributed by atoms with van der Waals surface area (Å²) in [6.07, 6.45) is 0.993. The van der Waals surface area contributed by atoms with Crippen molar-refractivity contribution in [3.63, 3.8) is 0 Å². The van der Waals surface area contributed by atoms with Crippen molar-refractivity contribution in [2.24, 2.45) is 22.8 Å². The molecular formula is C10H24N2. The van der Waals surface area contributed by atoms with Crippen molar-refractivity contribution < 1.29 is 0 Å². The smallest absolute Gasteiger partial charge is 0.0330 e. The van der Waals surface area contributed by atoms with E-state index in [0.717, 1.165) is 6.42 Å². The van der Waals surface area contributed by atoms with Gasteiger partial charge in [0.1, 0.15) is 0 Å². The quantitative estimate of drug-likeness (QED) is 0.681. The monoisotopic (exact) mass is 172 g/mol. The molecule has 1 unspecified atom stereocenters. The van der Waals surface area contributed by atoms with E-state index in [4.69, 9.17) is 11.5 Å². The standard InChI is InChI=1S/C10H24N2/c1-8(2)6-10(12,7-11)9(3,4)5/h8H,6-7,11-12H2,1-5H3. The third-order valence-corrected chi connectivity index (χ3v) is 2.63. The Hall–Kier alpha value is -0.0800. The van der Waals surface area contributed by atoms with Gasteiger partial charge in [0.05, 0.1) is 0 Å². The molecule has 0 rings (SSSR count). The molecular weight excluding hydrogens is 148 g/mol. The first-order valence-corrected chi connectivity index (χ1v) is 4.72. The third kappa shape index (κ3) is 2.76. The molecule has 4 N–H and O–H groups in total. The lowest BCUT2D eigenvalue weighted by Gasteiger charge is -2.42. The number of nitrogens with two attached hydrogens (primary N) is 2. The molecule has 12 heavy (non-hydrogen) atoms. The molecule has 0 fully saturated rings. The average Bonchev–Trinajstić information content (AvgIpc) is 1.83. The highest BCUT2D eigenvalue weighted by molar-refractivity contribution is 4.96. The molecule has 0 radical (unpaired) electrons. The lowest BCUT2D eigenvalue weighted by Crippen LogP contribution is -2.57. The molecule has 0 saturated heterocycles. The molecule has 0 aromatic heterocycles. The van der Waals surface area contributed by atoms with Gasteiger partial charge in [-0.2, -0.15) is 0 Å². The SMILES string of the molecule is CC(C)CC(N)(CN)C(C)(C)C. The van der Waals surface area contributed by atoms with Gasteiger partial charge in [-0.15, -0.1) is 0 Å². The summed E-state index contributed by atoms with van der Waals surface area (Å²) in [6.45, 7) is 11.4. The van der Waals surface area contributed by atoms with Crippen LogP contribution in [0.3, 0.4) is 0 Å². The first kappa shape index (κ1) is 11.9. The molecule has 0 aromatic carbocycles. The van der Waals surface area contributed by atoms with Crippen LogP contribution in [0.4, 0.5) is 0 Å². The Labute approximate surface area is 76.7 Å². The zero-order valence-electron chi connectivity index (χ0n) is 9.15. The molecule has 2 nitrogen and oxygen atoms in total. The minimum Gasteiger partial charge on any atom is -0.329 e. The highest BCUT2D eigenvalue weighted by Crippen LogP contribution is 2.32. The molecule has 0 aliphatic heterocycles. The zero-order chi connectivity index (χ0) is 9.99. The molecule has 0 spiro atoms. The fourth-order valence-corrected chi connectivity index (χ4v) is 1.42. The summed E-state index contributed by atoms with van der Waals surface area (Å²) >= 11 is 0. The number of rotatable bonds is 3. The van der Waals surface area contributed by atoms with Gasteiger partial charge in [0, 0.05) is 12.1 Å². The molecule has 0 aromatic rings. The molecule has 0 bridgehead atoms. The Kier molecular flexibility index (Phi) is 3.73. The van der Waals surface area contributed by atoms with E-state index in [9.17, 15) is 0 Å². The lowest BCUT2D eigenvalue weighted by atomic mass is 9.70. The first-order valence-electron chi connectivity index (χ1n) is 4.72. The molecule has 0 heterocycles. The molecule has 0 aliphatic carbocycles. The maximum absolute atomic E-state index is 6.25. The Morgan fingerprint density at radius 1 is 1.17 bits per heavy atom. The maximum atomic E-state index is 6.25. The van der Waals surface area contributed by atoms with Gasteiger partial charge in [0.25, 0.3) is 0 Å². The van der Waals surface area contributed by atoms with E-state index in [0.29, 0.717) is 12.5 Å². The van der Waals surface area contributed by atoms with Gasteiger partial charge >= 0.3 is 0 Å². The van der Waals surface area contributed by atoms with Gasteiger partial charge in [-0.1, -0.05) is 34.6 Å². The van der Waals surface area contributed by atoms with Crippen LogP contribution < -0.4 is 11.5 Å². The predicted octanol–water partition coefficient (Wildman–Crippen LogP) is 1.73. The average molecular weight is 172 g/mol. The number of hydrogen-bond donors (Lipinski definition) is 2. The summed E-state index contributed by atoms with van der Waals surface area (Å²) in [5.74, 6) is 0.609. The van der Waals surface area contributed by atoms with E-state index in [1.165, 1.54) is 0 Å². The largest absolute Gasteiger partial charge is 0.329 e. The predicted molar refractivity (Wildman–Crippen MR) is 54.9 cm³/mol. The Bertz CT molecular complexity index is 135. The highest BCUT2D eigenvalue weighted by atomic mass is 14.8. The summed E-state index contributed by atoms with van der Waals surface area (Å²) in [5.41, 5.74) is 11.8. The van der Waals surface area contributed by atoms with E-state index >= 15 is 0 Å². The minimum atomic E-state index is -0.221. The Morgan fingerprint density at radius 3 is 1.67 bits per heavy atom. The molecule has 2 heteroatoms. The summed E-state index contributed by atoms with van der Waals surface area (Å²) in [7, 11) is 0. The summed E-state index contributed by atoms with van der Waals surface area (Å²) in [4.78, 5) is 0. The van der Waals surface area contributed by atoms with Crippen LogP contribution in [0.5, 0.6) is 0 Å². The van der Waals surface area contributed by atoms with Gasteiger partial charge in [-0.3, -0.25) is 0 Å². The summed E-state index contributed by atoms with van der Waals surface area (Å²) in [5, 5.41) is 0. The van der Waals surface area contributed by atoms with Crippen LogP contribution in [0.15, 0.2) is 0 Å². The fourth-order valence-electron chi connectivity index (χ4n) is 1.42. The third-order valence-electron chi connectivity index (χ3n) is 2.63. The Morgan fingerprint density at radius 2 is 1.58 bits per heavy atom. The van der Waals surface area contributed by atoms with Crippen LogP contribution in [0, 0.1) is 11.3 Å². The van der Waals surface area contributed by atoms with E-state index in [1.807, 2.05) is 0 Å². The van der Waals surface area contributed by atoms with Crippen LogP contribution in [-0.4, -0.2) is 12.1 Å². The lowest BCUT2D eigenvalue weighted by molar-refractivity contribution is 0.163. The van der Waals surface area contributed by atoms with E-state index in [1.54, 1.807) is 0 Å². The molecule has 0 saturated carbocycles. The maximum Gasteiger partial charge on any atom is 0.0330 e. The summed E-state index contributed by atoms with van der Waals surface area (Å²) in [6, 6.07) is 0. The molecule has 1 atom stereocenters. The van der Waals surface area contributed by atoms with Crippen molar-refractivity contribution in [2.45, 2.75) is 46.6 Å². The second-order valence-corrected chi connectivity index (χ2v) is 5.21. The van der Waals surface area contributed by atoms with E-state index in [-0.39, 0.29) is 11.0 Å². The van der Waals surface area contributed by atoms with E-state index in [2.05, 4.69) is 34.6 Å². The second kappa shape index (κ2) is 3.75. The fraction of sp³-hybridized carbons (Fsp3) is 1.00. The van der Waals surface area contributed by atoms with Crippen molar-refractivity contribution >= 4 is 0 Å². The van der Waals surface area contributed by atoms with Crippen molar-refractivity contribution in [1.29, 1.82) is 0 Å². The van der Waals surface area contributed by atoms with Gasteiger partial charge in [0.2, 0.25) is 0 Å². The molecule has 0 aliphatic rings. The zero-order valence-corrected chi connectivity index (χ0v) is 9.15.